The molecule has 0 aliphatic heterocycles. The molecule has 13 heavy (non-hydrogen) atoms. The van der Waals surface area contributed by atoms with Crippen LogP contribution in [0.25, 0.3) is 0 Å². The molecule has 0 heterocycles. The lowest BCUT2D eigenvalue weighted by molar-refractivity contribution is 0.261. The van der Waals surface area contributed by atoms with E-state index in [2.05, 4.69) is 40.7 Å². The molecule has 1 nitrogen and oxygen atoms in total. The molecular formula is C12H26O. The van der Waals surface area contributed by atoms with E-state index in [0.717, 1.165) is 5.92 Å². The van der Waals surface area contributed by atoms with E-state index in [0.29, 0.717) is 11.8 Å². The molecule has 0 amide bonds. The number of hydrogen-bond donors (Lipinski definition) is 1. The molecule has 0 aromatic carbocycles. The zero-order valence-corrected chi connectivity index (χ0v) is 10.0. The van der Waals surface area contributed by atoms with E-state index >= 15 is 0 Å². The fraction of sp³-hybridized carbons (Fsp3) is 0.833. The van der Waals surface area contributed by atoms with Crippen molar-refractivity contribution < 1.29 is 5.11 Å². The molecule has 0 fully saturated rings. The van der Waals surface area contributed by atoms with Gasteiger partial charge in [0.15, 0.2) is 0 Å². The molecule has 0 aliphatic carbocycles. The molecule has 0 bridgehead atoms. The van der Waals surface area contributed by atoms with E-state index in [1.54, 1.807) is 0 Å². The smallest absolute Gasteiger partial charge is 0.0491 e. The second kappa shape index (κ2) is 9.79. The molecule has 0 saturated carbocycles. The average Bonchev–Trinajstić information content (AvgIpc) is 1.99. The van der Waals surface area contributed by atoms with Crippen LogP contribution in [0.2, 0.25) is 0 Å². The topological polar surface area (TPSA) is 20.2 Å². The molecule has 1 N–H and O–H groups in total. The lowest BCUT2D eigenvalue weighted by atomic mass is 10.1. The first-order valence-electron chi connectivity index (χ1n) is 5.19. The SMILES string of the molecule is CC(C)/C=C/[C@@H](C)CO.CC(C)C. The minimum Gasteiger partial charge on any atom is -0.396 e. The second-order valence-electron chi connectivity index (χ2n) is 4.52. The van der Waals surface area contributed by atoms with Gasteiger partial charge in [0.25, 0.3) is 0 Å². The maximum Gasteiger partial charge on any atom is 0.0491 e. The highest BCUT2D eigenvalue weighted by Crippen LogP contribution is 1.99. The Hall–Kier alpha value is -0.300. The van der Waals surface area contributed by atoms with Crippen LogP contribution in [0.15, 0.2) is 12.2 Å². The Morgan fingerprint density at radius 1 is 0.923 bits per heavy atom. The first-order chi connectivity index (χ1) is 5.90. The van der Waals surface area contributed by atoms with E-state index in [-0.39, 0.29) is 6.61 Å². The molecule has 0 saturated heterocycles. The fourth-order valence-corrected chi connectivity index (χ4v) is 0.473. The van der Waals surface area contributed by atoms with Gasteiger partial charge in [0.1, 0.15) is 0 Å². The van der Waals surface area contributed by atoms with Crippen LogP contribution in [0.3, 0.4) is 0 Å². The molecule has 0 unspecified atom stereocenters. The lowest BCUT2D eigenvalue weighted by Gasteiger charge is -1.99. The summed E-state index contributed by atoms with van der Waals surface area (Å²) in [7, 11) is 0. The van der Waals surface area contributed by atoms with Gasteiger partial charge in [0, 0.05) is 6.61 Å². The van der Waals surface area contributed by atoms with Gasteiger partial charge in [-0.2, -0.15) is 0 Å². The highest BCUT2D eigenvalue weighted by Gasteiger charge is 1.91. The van der Waals surface area contributed by atoms with Crippen molar-refractivity contribution in [1.29, 1.82) is 0 Å². The Labute approximate surface area is 83.9 Å². The van der Waals surface area contributed by atoms with Gasteiger partial charge in [-0.05, 0) is 17.8 Å². The third-order valence-electron chi connectivity index (χ3n) is 1.11. The van der Waals surface area contributed by atoms with Gasteiger partial charge in [0.2, 0.25) is 0 Å². The van der Waals surface area contributed by atoms with Crippen LogP contribution in [0.1, 0.15) is 41.5 Å². The zero-order valence-electron chi connectivity index (χ0n) is 10.0. The van der Waals surface area contributed by atoms with Crippen molar-refractivity contribution in [3.63, 3.8) is 0 Å². The summed E-state index contributed by atoms with van der Waals surface area (Å²) < 4.78 is 0. The van der Waals surface area contributed by atoms with Crippen LogP contribution in [-0.4, -0.2) is 11.7 Å². The average molecular weight is 186 g/mol. The Kier molecular flexibility index (Phi) is 11.4. The van der Waals surface area contributed by atoms with Crippen LogP contribution in [-0.2, 0) is 0 Å². The number of allylic oxidation sites excluding steroid dienone is 1. The molecule has 0 spiro atoms. The highest BCUT2D eigenvalue weighted by atomic mass is 16.3. The molecule has 80 valence electrons. The van der Waals surface area contributed by atoms with E-state index in [1.807, 2.05) is 13.0 Å². The molecule has 1 heteroatoms. The molecule has 1 atom stereocenters. The van der Waals surface area contributed by atoms with Gasteiger partial charge in [0.05, 0.1) is 0 Å². The summed E-state index contributed by atoms with van der Waals surface area (Å²) in [6, 6.07) is 0. The van der Waals surface area contributed by atoms with Crippen molar-refractivity contribution in [2.75, 3.05) is 6.61 Å². The van der Waals surface area contributed by atoms with Crippen molar-refractivity contribution >= 4 is 0 Å². The number of aliphatic hydroxyl groups is 1. The minimum atomic E-state index is 0.253. The number of hydrogen-bond acceptors (Lipinski definition) is 1. The van der Waals surface area contributed by atoms with Gasteiger partial charge in [-0.25, -0.2) is 0 Å². The van der Waals surface area contributed by atoms with E-state index in [1.165, 1.54) is 0 Å². The summed E-state index contributed by atoms with van der Waals surface area (Å²) >= 11 is 0. The summed E-state index contributed by atoms with van der Waals surface area (Å²) in [5.41, 5.74) is 0. The highest BCUT2D eigenvalue weighted by molar-refractivity contribution is 4.88. The predicted octanol–water partition coefficient (Wildman–Crippen LogP) is 3.49. The van der Waals surface area contributed by atoms with Gasteiger partial charge < -0.3 is 5.11 Å². The van der Waals surface area contributed by atoms with Gasteiger partial charge in [-0.15, -0.1) is 0 Å². The Morgan fingerprint density at radius 2 is 1.31 bits per heavy atom. The van der Waals surface area contributed by atoms with Crippen LogP contribution in [0.5, 0.6) is 0 Å². The summed E-state index contributed by atoms with van der Waals surface area (Å²) in [6.07, 6.45) is 4.16. The van der Waals surface area contributed by atoms with Gasteiger partial charge in [-0.3, -0.25) is 0 Å². The third-order valence-corrected chi connectivity index (χ3v) is 1.11. The molecule has 0 rings (SSSR count). The van der Waals surface area contributed by atoms with Crippen LogP contribution in [0.4, 0.5) is 0 Å². The summed E-state index contributed by atoms with van der Waals surface area (Å²) in [5.74, 6) is 1.74. The predicted molar refractivity (Wildman–Crippen MR) is 60.7 cm³/mol. The summed E-state index contributed by atoms with van der Waals surface area (Å²) in [5, 5.41) is 8.60. The largest absolute Gasteiger partial charge is 0.396 e. The molecule has 0 aromatic heterocycles. The molecular weight excluding hydrogens is 160 g/mol. The van der Waals surface area contributed by atoms with Crippen molar-refractivity contribution in [3.05, 3.63) is 12.2 Å². The van der Waals surface area contributed by atoms with Gasteiger partial charge in [-0.1, -0.05) is 53.7 Å². The van der Waals surface area contributed by atoms with Crippen molar-refractivity contribution in [2.24, 2.45) is 17.8 Å². The van der Waals surface area contributed by atoms with Crippen molar-refractivity contribution in [2.45, 2.75) is 41.5 Å². The lowest BCUT2D eigenvalue weighted by Crippen LogP contribution is -1.95. The van der Waals surface area contributed by atoms with Crippen molar-refractivity contribution in [3.8, 4) is 0 Å². The van der Waals surface area contributed by atoms with E-state index in [9.17, 15) is 0 Å². The molecule has 0 radical (unpaired) electrons. The van der Waals surface area contributed by atoms with Crippen LogP contribution < -0.4 is 0 Å². The Morgan fingerprint density at radius 3 is 1.54 bits per heavy atom. The third kappa shape index (κ3) is 24.5. The number of aliphatic hydroxyl groups excluding tert-OH is 1. The Bertz CT molecular complexity index is 112. The summed E-state index contributed by atoms with van der Waals surface area (Å²) in [4.78, 5) is 0. The van der Waals surface area contributed by atoms with Gasteiger partial charge >= 0.3 is 0 Å². The minimum absolute atomic E-state index is 0.253. The first kappa shape index (κ1) is 15.2. The zero-order chi connectivity index (χ0) is 10.9. The normalized spacial score (nSPS) is 13.3. The fourth-order valence-electron chi connectivity index (χ4n) is 0.473. The van der Waals surface area contributed by atoms with Crippen molar-refractivity contribution in [1.82, 2.24) is 0 Å². The quantitative estimate of drug-likeness (QED) is 0.669. The molecule has 0 aliphatic rings. The maximum absolute atomic E-state index is 8.60. The summed E-state index contributed by atoms with van der Waals surface area (Å²) in [6.45, 7) is 13.0. The standard InChI is InChI=1S/C8H16O.C4H10/c1-7(2)4-5-8(3)6-9;1-4(2)3/h4-5,7-9H,6H2,1-3H3;4H,1-3H3/b5-4+;/t8-;/m1./s1. The second-order valence-corrected chi connectivity index (χ2v) is 4.52. The van der Waals surface area contributed by atoms with E-state index < -0.39 is 0 Å². The monoisotopic (exact) mass is 186 g/mol. The Balaban J connectivity index is 0. The van der Waals surface area contributed by atoms with E-state index in [4.69, 9.17) is 5.11 Å². The maximum atomic E-state index is 8.60. The van der Waals surface area contributed by atoms with Crippen LogP contribution >= 0.6 is 0 Å². The molecule has 0 aromatic rings. The number of rotatable bonds is 3. The first-order valence-corrected chi connectivity index (χ1v) is 5.19. The van der Waals surface area contributed by atoms with Crippen LogP contribution in [0, 0.1) is 17.8 Å².